The van der Waals surface area contributed by atoms with Crippen LogP contribution in [0.5, 0.6) is 11.5 Å². The molecular formula is C102H134ClN19O18Si. The van der Waals surface area contributed by atoms with E-state index in [1.54, 1.807) is 85.9 Å². The van der Waals surface area contributed by atoms with Gasteiger partial charge < -0.3 is 79.4 Å². The highest BCUT2D eigenvalue weighted by molar-refractivity contribution is 6.75. The fraction of sp³-hybridized carbons (Fsp3) is 0.549. The van der Waals surface area contributed by atoms with Gasteiger partial charge in [0.05, 0.1) is 46.4 Å². The summed E-state index contributed by atoms with van der Waals surface area (Å²) in [6.45, 7) is 16.8. The molecule has 4 aromatic carbocycles. The summed E-state index contributed by atoms with van der Waals surface area (Å²) in [5.74, 6) is 2.05. The third-order valence-electron chi connectivity index (χ3n) is 28.5. The second kappa shape index (κ2) is 48.9. The van der Waals surface area contributed by atoms with E-state index in [1.807, 2.05) is 63.1 Å². The van der Waals surface area contributed by atoms with Crippen LogP contribution in [0, 0.1) is 11.8 Å². The number of nitrogens with two attached hydrogens (primary N) is 1. The normalized spacial score (nSPS) is 19.7. The zero-order chi connectivity index (χ0) is 99.6. The van der Waals surface area contributed by atoms with Crippen molar-refractivity contribution in [3.63, 3.8) is 0 Å². The van der Waals surface area contributed by atoms with Crippen LogP contribution in [-0.4, -0.2) is 279 Å². The second-order valence-electron chi connectivity index (χ2n) is 38.9. The van der Waals surface area contributed by atoms with Crippen molar-refractivity contribution in [3.8, 4) is 11.5 Å². The van der Waals surface area contributed by atoms with Gasteiger partial charge in [0.1, 0.15) is 65.2 Å². The van der Waals surface area contributed by atoms with Crippen LogP contribution < -0.4 is 56.1 Å². The molecule has 0 radical (unpaired) electrons. The molecule has 2 aliphatic carbocycles. The number of methoxy groups -OCH3 is 2. The van der Waals surface area contributed by atoms with Crippen molar-refractivity contribution in [2.24, 2.45) is 22.2 Å². The summed E-state index contributed by atoms with van der Waals surface area (Å²) in [7, 11) is 5.38. The molecule has 2 saturated carbocycles. The average molecular weight is 1980 g/mol. The van der Waals surface area contributed by atoms with Crippen molar-refractivity contribution in [3.05, 3.63) is 141 Å². The van der Waals surface area contributed by atoms with Crippen LogP contribution >= 0.6 is 12.4 Å². The third kappa shape index (κ3) is 26.2. The Balaban J connectivity index is 0.000000221. The van der Waals surface area contributed by atoms with E-state index in [0.29, 0.717) is 158 Å². The lowest BCUT2D eigenvalue weighted by Gasteiger charge is -2.43. The molecule has 0 bridgehead atoms. The van der Waals surface area contributed by atoms with E-state index in [2.05, 4.69) is 69.3 Å². The lowest BCUT2D eigenvalue weighted by Crippen LogP contribution is -2.55. The molecule has 6 aromatic rings. The predicted molar refractivity (Wildman–Crippen MR) is 534 cm³/mol. The maximum absolute atomic E-state index is 13.6. The molecule has 4 atom stereocenters. The highest BCUT2D eigenvalue weighted by Gasteiger charge is 2.46. The largest absolute Gasteiger partial charge is 0.496 e. The van der Waals surface area contributed by atoms with Gasteiger partial charge in [0.25, 0.3) is 11.8 Å². The fourth-order valence-corrected chi connectivity index (χ4v) is 21.0. The Morgan fingerprint density at radius 3 is 1.39 bits per heavy atom. The van der Waals surface area contributed by atoms with E-state index < -0.39 is 44.1 Å². The van der Waals surface area contributed by atoms with Crippen LogP contribution in [0.15, 0.2) is 89.8 Å². The number of carbonyl (C=O) groups is 13. The monoisotopic (exact) mass is 1980 g/mol. The number of halogens is 1. The molecule has 0 spiro atoms. The number of anilines is 6. The first-order valence-electron chi connectivity index (χ1n) is 49.5. The van der Waals surface area contributed by atoms with Gasteiger partial charge in [-0.3, -0.25) is 68.2 Å². The van der Waals surface area contributed by atoms with E-state index >= 15 is 0 Å². The van der Waals surface area contributed by atoms with E-state index in [-0.39, 0.29) is 148 Å². The molecule has 8 aliphatic heterocycles. The number of rotatable bonds is 37. The molecule has 756 valence electrons. The number of ketones is 2. The Kier molecular flexibility index (Phi) is 36.8. The van der Waals surface area contributed by atoms with Crippen LogP contribution in [0.25, 0.3) is 0 Å². The number of nitrogens with zero attached hydrogens (tertiary/aromatic N) is 14. The Labute approximate surface area is 830 Å². The van der Waals surface area contributed by atoms with Crippen molar-refractivity contribution >= 4 is 138 Å². The second-order valence-corrected chi connectivity index (χ2v) is 43.5. The number of primary amides is 1. The number of unbranched alkanes of at least 4 members (excludes halogenated alkanes) is 1. The van der Waals surface area contributed by atoms with E-state index in [1.165, 1.54) is 14.7 Å². The molecule has 141 heavy (non-hydrogen) atoms. The van der Waals surface area contributed by atoms with Crippen LogP contribution in [0.4, 0.5) is 39.2 Å². The Hall–Kier alpha value is -12.3. The number of Topliss-reactive ketones (excluding diaryl/α,β-unsaturated/α-hetero) is 2. The molecule has 10 heterocycles. The summed E-state index contributed by atoms with van der Waals surface area (Å²) < 4.78 is 26.9. The van der Waals surface area contributed by atoms with Crippen molar-refractivity contribution < 1.29 is 86.1 Å². The van der Waals surface area contributed by atoms with Gasteiger partial charge in [-0.1, -0.05) is 75.9 Å². The number of benzene rings is 4. The predicted octanol–water partition coefficient (Wildman–Crippen LogP) is 10.7. The van der Waals surface area contributed by atoms with Crippen LogP contribution in [-0.2, 0) is 78.6 Å². The topological polar surface area (TPSA) is 443 Å². The summed E-state index contributed by atoms with van der Waals surface area (Å²) in [4.78, 5) is 212. The molecule has 16 rings (SSSR count). The van der Waals surface area contributed by atoms with Gasteiger partial charge in [0.2, 0.25) is 53.3 Å². The maximum atomic E-state index is 13.6. The van der Waals surface area contributed by atoms with Gasteiger partial charge in [-0.15, -0.1) is 12.4 Å². The Morgan fingerprint density at radius 1 is 0.560 bits per heavy atom. The number of ether oxygens (including phenoxy) is 4. The van der Waals surface area contributed by atoms with Gasteiger partial charge in [0, 0.05) is 166 Å². The maximum Gasteiger partial charge on any atom is 0.315 e. The zero-order valence-corrected chi connectivity index (χ0v) is 84.2. The molecule has 2 aromatic heterocycles. The number of nitrogens with one attached hydrogen (secondary N) is 4. The van der Waals surface area contributed by atoms with Crippen molar-refractivity contribution in [2.45, 2.75) is 243 Å². The quantitative estimate of drug-likeness (QED) is 0.00604. The summed E-state index contributed by atoms with van der Waals surface area (Å²) in [5.41, 5.74) is 13.1. The van der Waals surface area contributed by atoms with Gasteiger partial charge in [-0.2, -0.15) is 0 Å². The first-order valence-corrected chi connectivity index (χ1v) is 53.0. The minimum absolute atomic E-state index is 0. The Morgan fingerprint density at radius 2 is 0.993 bits per heavy atom. The fourth-order valence-electron chi connectivity index (χ4n) is 20.7. The number of fused-ring (bicyclic) bond motifs is 4. The number of likely N-dealkylation sites (tertiary alicyclic amines) is 2. The first kappa shape index (κ1) is 106. The van der Waals surface area contributed by atoms with Crippen molar-refractivity contribution in [1.29, 1.82) is 0 Å². The molecule has 6 fully saturated rings. The Bertz CT molecular complexity index is 5650. The number of likely N-dealkylation sites (N-methyl/N-ethyl adjacent to an activating group) is 2. The van der Waals surface area contributed by atoms with Crippen LogP contribution in [0.2, 0.25) is 19.6 Å². The van der Waals surface area contributed by atoms with Crippen molar-refractivity contribution in [2.75, 3.05) is 137 Å². The van der Waals surface area contributed by atoms with Gasteiger partial charge in [-0.25, -0.2) is 34.2 Å². The number of amides is 12. The zero-order valence-electron chi connectivity index (χ0n) is 82.4. The van der Waals surface area contributed by atoms with E-state index in [9.17, 15) is 67.1 Å². The SMILES string of the molecule is CC[C@@H]1C(=O)N(C)c2cnc(Cc3ccc(C(=O)CC4CCN(CCOCCCCC(=O)Nc5cccc6c5CN(C5CCC(=O)NC5=O)C6=O)CC4)cc3OC)nc2N1C1CCCC1.CC[C@@H]1C(=O)N(C)c2cnc(Cc3ccc(C(=O)CC4CCN(CCOCCN(CC(=O)Nc5cccc6c5CN(C5CCC(=O)NC5=O)C6=O)C(N)=O)CC4)cc3OC)nc2N1C1CCCC1.C[Si](C)(C)N=C=O.Cl. The molecule has 6 N–H and O–H groups in total. The molecule has 12 amide bonds. The number of aromatic nitrogens is 4. The van der Waals surface area contributed by atoms with Gasteiger partial charge >= 0.3 is 6.03 Å². The smallest absolute Gasteiger partial charge is 0.315 e. The van der Waals surface area contributed by atoms with Gasteiger partial charge in [0.15, 0.2) is 31.4 Å². The van der Waals surface area contributed by atoms with Crippen LogP contribution in [0.3, 0.4) is 0 Å². The molecule has 39 heteroatoms. The molecule has 10 aliphatic rings. The number of urea groups is 1. The van der Waals surface area contributed by atoms with E-state index in [4.69, 9.17) is 34.6 Å². The molecular weight excluding hydrogens is 1840 g/mol. The number of piperidine rings is 4. The average Bonchev–Trinajstić information content (AvgIpc) is 1.60. The number of hydrogen-bond acceptors (Lipinski definition) is 27. The summed E-state index contributed by atoms with van der Waals surface area (Å²) in [5, 5.41) is 10.3. The van der Waals surface area contributed by atoms with Crippen LogP contribution in [0.1, 0.15) is 237 Å². The highest BCUT2D eigenvalue weighted by atomic mass is 35.5. The molecule has 37 nitrogen and oxygen atoms in total. The third-order valence-corrected chi connectivity index (χ3v) is 29.3. The number of isocyanates is 1. The standard InChI is InChI=1S/C49H62N10O9.C49H62N8O8.C4H9NOSi.ClH/c1-4-37-48(65)55(2)39-27-51-42(53-45(39)59(37)33-8-5-6-9-33)26-32-13-12-31(25-41(32)67-3)40(60)24-30-16-18-56(19-17-30)20-22-68-23-21-57(49(50)66)29-44(62)52-36-11-7-10-34-35(36)28-58(47(34)64)38-14-15-43(61)54-46(38)63;1-4-38-49(63)54(2)40-29-50-43(52-46(40)57(38)34-10-5-6-11-34)28-33-16-15-32(27-42(33)64-3)41(58)26-31-19-21-55(22-20-31)23-25-65-24-8-7-14-44(59)51-37-13-9-12-35-36(37)30-56(48(35)62)39-17-18-45(60)53-47(39)61;1-7(2,3)5-4-6;/h7,10-13,25,27,30,33,37-38H,4-6,8-9,14-24,26,28-29H2,1-3H3,(H2,50,66)(H,52,62)(H,54,61,63);9,12-13,15-16,27,29,31,34,38-39H,4-8,10-11,14,17-26,28,30H2,1-3H3,(H,51,59)(H,53,60,61);1-3H3;1H/t37-,38?;38-,39?;;/m11../s1. The lowest BCUT2D eigenvalue weighted by atomic mass is 9.89. The minimum atomic E-state index is -1.46. The number of hydrogen-bond donors (Lipinski definition) is 5. The molecule has 2 unspecified atom stereocenters. The van der Waals surface area contributed by atoms with Gasteiger partial charge in [-0.05, 0) is 184 Å². The lowest BCUT2D eigenvalue weighted by molar-refractivity contribution is -0.138. The minimum Gasteiger partial charge on any atom is -0.496 e. The first-order chi connectivity index (χ1) is 67.4. The summed E-state index contributed by atoms with van der Waals surface area (Å²) >= 11 is 0. The summed E-state index contributed by atoms with van der Waals surface area (Å²) in [6, 6.07) is 19.2. The highest BCUT2D eigenvalue weighted by Crippen LogP contribution is 2.44. The molecule has 4 saturated heterocycles. The number of carbonyl (C=O) groups excluding carboxylic acids is 14. The van der Waals surface area contributed by atoms with E-state index in [0.717, 1.165) is 150 Å². The van der Waals surface area contributed by atoms with Crippen molar-refractivity contribution in [1.82, 2.24) is 55.1 Å². The number of imide groups is 2. The summed E-state index contributed by atoms with van der Waals surface area (Å²) in [6.07, 6.45) is 23.2.